The first-order chi connectivity index (χ1) is 16.2. The second-order valence-corrected chi connectivity index (χ2v) is 6.96. The van der Waals surface area contributed by atoms with Crippen LogP contribution in [0.4, 0.5) is 28.9 Å². The van der Waals surface area contributed by atoms with Crippen molar-refractivity contribution < 1.29 is 31.7 Å². The van der Waals surface area contributed by atoms with Crippen LogP contribution in [0.1, 0.15) is 26.4 Å². The highest BCUT2D eigenvalue weighted by molar-refractivity contribution is 6.06. The van der Waals surface area contributed by atoms with Crippen molar-refractivity contribution in [2.45, 2.75) is 6.18 Å². The lowest BCUT2D eigenvalue weighted by Crippen LogP contribution is -2.18. The van der Waals surface area contributed by atoms with Gasteiger partial charge in [-0.15, -0.1) is 0 Å². The SMILES string of the molecule is O=C(Nc1ccc(NC(=O)c2ccccc2F)cc1C(F)(F)F)c1cc(-c2cccnc2)on1. The second-order valence-electron chi connectivity index (χ2n) is 6.96. The molecule has 0 saturated carbocycles. The predicted octanol–water partition coefficient (Wildman–Crippen LogP) is 5.40. The summed E-state index contributed by atoms with van der Waals surface area (Å²) >= 11 is 0. The van der Waals surface area contributed by atoms with E-state index < -0.39 is 35.1 Å². The first kappa shape index (κ1) is 22.6. The lowest BCUT2D eigenvalue weighted by atomic mass is 10.1. The maximum absolute atomic E-state index is 13.8. The Bertz CT molecular complexity index is 1350. The summed E-state index contributed by atoms with van der Waals surface area (Å²) in [6.45, 7) is 0. The highest BCUT2D eigenvalue weighted by Crippen LogP contribution is 2.37. The molecule has 0 aliphatic carbocycles. The maximum atomic E-state index is 13.8. The normalized spacial score (nSPS) is 11.2. The Labute approximate surface area is 189 Å². The molecule has 4 aromatic rings. The standard InChI is InChI=1S/C23H14F4N4O3/c24-17-6-2-1-5-15(17)21(32)29-14-7-8-18(16(10-14)23(25,26)27)30-22(33)19-11-20(34-31-19)13-4-3-9-28-12-13/h1-12H,(H,29,32)(H,30,33). The molecule has 34 heavy (non-hydrogen) atoms. The maximum Gasteiger partial charge on any atom is 0.418 e. The molecule has 0 fully saturated rings. The van der Waals surface area contributed by atoms with Gasteiger partial charge in [-0.3, -0.25) is 14.6 Å². The molecule has 7 nitrogen and oxygen atoms in total. The number of rotatable bonds is 5. The van der Waals surface area contributed by atoms with E-state index in [2.05, 4.69) is 20.8 Å². The largest absolute Gasteiger partial charge is 0.418 e. The van der Waals surface area contributed by atoms with E-state index in [4.69, 9.17) is 4.52 Å². The van der Waals surface area contributed by atoms with Crippen molar-refractivity contribution in [2.24, 2.45) is 0 Å². The van der Waals surface area contributed by atoms with E-state index in [1.807, 2.05) is 0 Å². The molecule has 0 saturated heterocycles. The van der Waals surface area contributed by atoms with Gasteiger partial charge in [0.05, 0.1) is 16.8 Å². The average Bonchev–Trinajstić information content (AvgIpc) is 3.31. The first-order valence-corrected chi connectivity index (χ1v) is 9.68. The number of amides is 2. The summed E-state index contributed by atoms with van der Waals surface area (Å²) in [5.41, 5.74) is -2.07. The van der Waals surface area contributed by atoms with E-state index in [9.17, 15) is 27.2 Å². The zero-order chi connectivity index (χ0) is 24.3. The number of hydrogen-bond donors (Lipinski definition) is 2. The fourth-order valence-electron chi connectivity index (χ4n) is 3.02. The molecule has 0 bridgehead atoms. The van der Waals surface area contributed by atoms with Crippen LogP contribution in [0, 0.1) is 5.82 Å². The molecule has 172 valence electrons. The van der Waals surface area contributed by atoms with Crippen LogP contribution in [0.2, 0.25) is 0 Å². The van der Waals surface area contributed by atoms with Gasteiger partial charge in [0.1, 0.15) is 5.82 Å². The zero-order valence-electron chi connectivity index (χ0n) is 17.1. The molecule has 4 rings (SSSR count). The highest BCUT2D eigenvalue weighted by Gasteiger charge is 2.35. The predicted molar refractivity (Wildman–Crippen MR) is 113 cm³/mol. The third-order valence-electron chi connectivity index (χ3n) is 4.64. The topological polar surface area (TPSA) is 97.1 Å². The van der Waals surface area contributed by atoms with Gasteiger partial charge < -0.3 is 15.2 Å². The Morgan fingerprint density at radius 1 is 0.912 bits per heavy atom. The number of pyridine rings is 1. The van der Waals surface area contributed by atoms with Crippen LogP contribution in [-0.2, 0) is 6.18 Å². The minimum absolute atomic E-state index is 0.209. The smallest absolute Gasteiger partial charge is 0.355 e. The van der Waals surface area contributed by atoms with Crippen molar-refractivity contribution in [1.29, 1.82) is 0 Å². The lowest BCUT2D eigenvalue weighted by Gasteiger charge is -2.15. The van der Waals surface area contributed by atoms with Crippen LogP contribution >= 0.6 is 0 Å². The van der Waals surface area contributed by atoms with Gasteiger partial charge in [0.2, 0.25) is 0 Å². The van der Waals surface area contributed by atoms with Gasteiger partial charge in [-0.25, -0.2) is 4.39 Å². The number of nitrogens with zero attached hydrogens (tertiary/aromatic N) is 2. The van der Waals surface area contributed by atoms with Crippen molar-refractivity contribution in [2.75, 3.05) is 10.6 Å². The summed E-state index contributed by atoms with van der Waals surface area (Å²) in [6.07, 6.45) is -1.86. The van der Waals surface area contributed by atoms with Crippen LogP contribution < -0.4 is 10.6 Å². The third kappa shape index (κ3) is 4.93. The first-order valence-electron chi connectivity index (χ1n) is 9.68. The van der Waals surface area contributed by atoms with E-state index in [1.165, 1.54) is 36.7 Å². The molecular weight excluding hydrogens is 456 g/mol. The summed E-state index contributed by atoms with van der Waals surface area (Å²) in [6, 6.07) is 12.4. The number of aromatic nitrogens is 2. The molecule has 0 aliphatic heterocycles. The van der Waals surface area contributed by atoms with Crippen LogP contribution in [0.15, 0.2) is 77.6 Å². The highest BCUT2D eigenvalue weighted by atomic mass is 19.4. The van der Waals surface area contributed by atoms with E-state index in [0.29, 0.717) is 11.6 Å². The van der Waals surface area contributed by atoms with Gasteiger partial charge in [-0.1, -0.05) is 17.3 Å². The number of nitrogens with one attached hydrogen (secondary N) is 2. The van der Waals surface area contributed by atoms with Gasteiger partial charge >= 0.3 is 6.18 Å². The van der Waals surface area contributed by atoms with Gasteiger partial charge in [0, 0.05) is 29.7 Å². The summed E-state index contributed by atoms with van der Waals surface area (Å²) < 4.78 is 59.9. The third-order valence-corrected chi connectivity index (χ3v) is 4.64. The summed E-state index contributed by atoms with van der Waals surface area (Å²) in [7, 11) is 0. The van der Waals surface area contributed by atoms with E-state index in [1.54, 1.807) is 12.1 Å². The molecule has 2 heterocycles. The molecule has 0 unspecified atom stereocenters. The number of carbonyl (C=O) groups excluding carboxylic acids is 2. The van der Waals surface area contributed by atoms with Gasteiger partial charge in [-0.05, 0) is 42.5 Å². The Hall–Kier alpha value is -4.54. The minimum atomic E-state index is -4.87. The Morgan fingerprint density at radius 3 is 2.41 bits per heavy atom. The van der Waals surface area contributed by atoms with Gasteiger partial charge in [0.25, 0.3) is 11.8 Å². The molecule has 0 atom stereocenters. The Morgan fingerprint density at radius 2 is 1.71 bits per heavy atom. The molecule has 0 spiro atoms. The molecule has 2 aromatic heterocycles. The number of alkyl halides is 3. The van der Waals surface area contributed by atoms with Gasteiger partial charge in [0.15, 0.2) is 11.5 Å². The molecule has 2 aromatic carbocycles. The summed E-state index contributed by atoms with van der Waals surface area (Å²) in [5, 5.41) is 7.96. The molecule has 2 amide bonds. The van der Waals surface area contributed by atoms with Crippen molar-refractivity contribution in [3.63, 3.8) is 0 Å². The average molecular weight is 470 g/mol. The molecule has 2 N–H and O–H groups in total. The number of anilines is 2. The Balaban J connectivity index is 1.56. The Kier molecular flexibility index (Phi) is 6.09. The van der Waals surface area contributed by atoms with Crippen LogP contribution in [0.3, 0.4) is 0 Å². The van der Waals surface area contributed by atoms with Crippen molar-refractivity contribution >= 4 is 23.2 Å². The van der Waals surface area contributed by atoms with E-state index in [-0.39, 0.29) is 22.7 Å². The minimum Gasteiger partial charge on any atom is -0.355 e. The van der Waals surface area contributed by atoms with E-state index in [0.717, 1.165) is 18.2 Å². The fourth-order valence-corrected chi connectivity index (χ4v) is 3.02. The van der Waals surface area contributed by atoms with Crippen LogP contribution in [-0.4, -0.2) is 22.0 Å². The number of halogens is 4. The lowest BCUT2D eigenvalue weighted by molar-refractivity contribution is -0.136. The zero-order valence-corrected chi connectivity index (χ0v) is 17.1. The molecule has 11 heteroatoms. The van der Waals surface area contributed by atoms with Crippen LogP contribution in [0.5, 0.6) is 0 Å². The van der Waals surface area contributed by atoms with Gasteiger partial charge in [-0.2, -0.15) is 13.2 Å². The van der Waals surface area contributed by atoms with Crippen molar-refractivity contribution in [3.05, 3.63) is 95.7 Å². The summed E-state index contributed by atoms with van der Waals surface area (Å²) in [4.78, 5) is 28.6. The van der Waals surface area contributed by atoms with Crippen LogP contribution in [0.25, 0.3) is 11.3 Å². The second kappa shape index (κ2) is 9.14. The van der Waals surface area contributed by atoms with E-state index >= 15 is 0 Å². The number of benzene rings is 2. The molecule has 0 aliphatic rings. The molecular formula is C23H14F4N4O3. The quantitative estimate of drug-likeness (QED) is 0.381. The van der Waals surface area contributed by atoms with Crippen molar-refractivity contribution in [3.8, 4) is 11.3 Å². The van der Waals surface area contributed by atoms with Crippen molar-refractivity contribution in [1.82, 2.24) is 10.1 Å². The number of carbonyl (C=O) groups is 2. The fraction of sp³-hybridized carbons (Fsp3) is 0.0435. The number of hydrogen-bond acceptors (Lipinski definition) is 5. The monoisotopic (exact) mass is 470 g/mol. The summed E-state index contributed by atoms with van der Waals surface area (Å²) in [5.74, 6) is -2.47. The molecule has 0 radical (unpaired) electrons.